The Morgan fingerprint density at radius 1 is 1.03 bits per heavy atom. The maximum Gasteiger partial charge on any atom is 0.303 e. The Morgan fingerprint density at radius 3 is 2.68 bits per heavy atom. The van der Waals surface area contributed by atoms with E-state index in [1.54, 1.807) is 30.3 Å². The zero-order valence-electron chi connectivity index (χ0n) is 18.9. The van der Waals surface area contributed by atoms with Crippen molar-refractivity contribution in [1.82, 2.24) is 0 Å². The van der Waals surface area contributed by atoms with Crippen LogP contribution in [0.15, 0.2) is 60.7 Å². The third kappa shape index (κ3) is 5.84. The largest absolute Gasteiger partial charge is 0.489 e. The van der Waals surface area contributed by atoms with Crippen LogP contribution >= 0.6 is 0 Å². The molecule has 0 saturated carbocycles. The topological polar surface area (TPSA) is 61.8 Å². The summed E-state index contributed by atoms with van der Waals surface area (Å²) in [4.78, 5) is 13.0. The Balaban J connectivity index is 1.38. The maximum absolute atomic E-state index is 14.3. The van der Waals surface area contributed by atoms with Gasteiger partial charge in [-0.3, -0.25) is 4.79 Å². The van der Waals surface area contributed by atoms with Gasteiger partial charge in [-0.05, 0) is 66.3 Å². The molecule has 0 atom stereocenters. The Hall–Kier alpha value is -3.61. The predicted molar refractivity (Wildman–Crippen MR) is 129 cm³/mol. The summed E-state index contributed by atoms with van der Waals surface area (Å²) in [5.74, 6) is -1.44. The molecule has 7 heteroatoms. The Morgan fingerprint density at radius 2 is 1.88 bits per heavy atom. The number of rotatable bonds is 10. The number of halogens is 2. The number of carbonyl (C=O) groups is 1. The van der Waals surface area contributed by atoms with Crippen LogP contribution in [0.1, 0.15) is 29.5 Å². The second-order valence-corrected chi connectivity index (χ2v) is 8.34. The summed E-state index contributed by atoms with van der Waals surface area (Å²) >= 11 is 0. The predicted octanol–water partition coefficient (Wildman–Crippen LogP) is 5.43. The molecular formula is C27H28F2N2O3. The van der Waals surface area contributed by atoms with Crippen LogP contribution in [0.5, 0.6) is 5.75 Å². The zero-order chi connectivity index (χ0) is 23.9. The molecule has 0 fully saturated rings. The number of benzene rings is 3. The van der Waals surface area contributed by atoms with Crippen LogP contribution in [-0.2, 0) is 24.2 Å². The van der Waals surface area contributed by atoms with Crippen LogP contribution in [0, 0.1) is 11.6 Å². The minimum atomic E-state index is -0.941. The monoisotopic (exact) mass is 466 g/mol. The van der Waals surface area contributed by atoms with Gasteiger partial charge in [0.2, 0.25) is 0 Å². The number of aryl methyl sites for hydroxylation is 1. The van der Waals surface area contributed by atoms with Crippen molar-refractivity contribution < 1.29 is 23.4 Å². The van der Waals surface area contributed by atoms with Gasteiger partial charge in [0.25, 0.3) is 0 Å². The number of nitrogens with one attached hydrogen (secondary N) is 1. The van der Waals surface area contributed by atoms with Crippen molar-refractivity contribution >= 4 is 17.3 Å². The molecule has 0 aromatic heterocycles. The second kappa shape index (κ2) is 11.0. The number of carboxylic acids is 1. The van der Waals surface area contributed by atoms with E-state index in [0.29, 0.717) is 30.9 Å². The average Bonchev–Trinajstić information content (AvgIpc) is 2.83. The molecule has 0 saturated heterocycles. The Kier molecular flexibility index (Phi) is 7.62. The second-order valence-electron chi connectivity index (χ2n) is 8.34. The summed E-state index contributed by atoms with van der Waals surface area (Å²) in [6.07, 6.45) is 2.04. The number of hydrogen-bond acceptors (Lipinski definition) is 4. The fourth-order valence-electron chi connectivity index (χ4n) is 4.30. The molecule has 0 aliphatic carbocycles. The van der Waals surface area contributed by atoms with Gasteiger partial charge in [0.05, 0.1) is 6.54 Å². The standard InChI is InChI=1S/C27H28F2N2O3/c28-23-7-1-2-9-26(23)34-16-15-31-14-4-6-22-20(5-3-8-25(22)31)18-30-21-12-10-19(24(29)17-21)11-13-27(32)33/h1-3,5,7-10,12,17,30H,4,6,11,13-16,18H2,(H,32,33). The fraction of sp³-hybridized carbons (Fsp3) is 0.296. The molecule has 0 spiro atoms. The first-order valence-electron chi connectivity index (χ1n) is 11.5. The van der Waals surface area contributed by atoms with Crippen molar-refractivity contribution in [3.8, 4) is 5.75 Å². The van der Waals surface area contributed by atoms with E-state index in [1.807, 2.05) is 6.07 Å². The van der Waals surface area contributed by atoms with E-state index in [1.165, 1.54) is 17.7 Å². The third-order valence-corrected chi connectivity index (χ3v) is 6.04. The van der Waals surface area contributed by atoms with Crippen molar-refractivity contribution in [2.75, 3.05) is 29.9 Å². The average molecular weight is 467 g/mol. The Bertz CT molecular complexity index is 1150. The van der Waals surface area contributed by atoms with E-state index < -0.39 is 11.8 Å². The molecule has 0 amide bonds. The first-order chi connectivity index (χ1) is 16.5. The van der Waals surface area contributed by atoms with Gasteiger partial charge in [-0.25, -0.2) is 8.78 Å². The van der Waals surface area contributed by atoms with Crippen LogP contribution in [0.2, 0.25) is 0 Å². The molecule has 4 rings (SSSR count). The van der Waals surface area contributed by atoms with Gasteiger partial charge in [0.15, 0.2) is 11.6 Å². The lowest BCUT2D eigenvalue weighted by atomic mass is 9.96. The number of ether oxygens (including phenoxy) is 1. The van der Waals surface area contributed by atoms with Gasteiger partial charge < -0.3 is 20.1 Å². The minimum Gasteiger partial charge on any atom is -0.489 e. The van der Waals surface area contributed by atoms with Crippen LogP contribution in [0.3, 0.4) is 0 Å². The van der Waals surface area contributed by atoms with Crippen molar-refractivity contribution in [3.63, 3.8) is 0 Å². The van der Waals surface area contributed by atoms with Crippen molar-refractivity contribution in [1.29, 1.82) is 0 Å². The van der Waals surface area contributed by atoms with Crippen molar-refractivity contribution in [2.24, 2.45) is 0 Å². The highest BCUT2D eigenvalue weighted by atomic mass is 19.1. The normalized spacial score (nSPS) is 12.8. The first kappa shape index (κ1) is 23.5. The van der Waals surface area contributed by atoms with Crippen LogP contribution in [0.25, 0.3) is 0 Å². The first-order valence-corrected chi connectivity index (χ1v) is 11.5. The summed E-state index contributed by atoms with van der Waals surface area (Å²) in [5.41, 5.74) is 4.61. The highest BCUT2D eigenvalue weighted by Crippen LogP contribution is 2.30. The van der Waals surface area contributed by atoms with Crippen LogP contribution in [0.4, 0.5) is 20.2 Å². The molecule has 5 nitrogen and oxygen atoms in total. The minimum absolute atomic E-state index is 0.0956. The summed E-state index contributed by atoms with van der Waals surface area (Å²) < 4.78 is 33.8. The number of para-hydroxylation sites is 1. The van der Waals surface area contributed by atoms with Gasteiger partial charge in [0.1, 0.15) is 12.4 Å². The molecule has 0 bridgehead atoms. The number of aliphatic carboxylic acids is 1. The van der Waals surface area contributed by atoms with E-state index >= 15 is 0 Å². The lowest BCUT2D eigenvalue weighted by Gasteiger charge is -2.32. The number of nitrogens with zero attached hydrogens (tertiary/aromatic N) is 1. The lowest BCUT2D eigenvalue weighted by Crippen LogP contribution is -2.33. The summed E-state index contributed by atoms with van der Waals surface area (Å²) in [6, 6.07) is 17.4. The number of hydrogen-bond donors (Lipinski definition) is 2. The van der Waals surface area contributed by atoms with Gasteiger partial charge in [-0.1, -0.05) is 30.3 Å². The molecule has 34 heavy (non-hydrogen) atoms. The van der Waals surface area contributed by atoms with E-state index in [9.17, 15) is 13.6 Å². The summed E-state index contributed by atoms with van der Waals surface area (Å²) in [6.45, 7) is 2.50. The van der Waals surface area contributed by atoms with Crippen LogP contribution in [-0.4, -0.2) is 30.8 Å². The molecule has 2 N–H and O–H groups in total. The van der Waals surface area contributed by atoms with E-state index in [2.05, 4.69) is 22.3 Å². The molecule has 1 aliphatic heterocycles. The maximum atomic E-state index is 14.3. The lowest BCUT2D eigenvalue weighted by molar-refractivity contribution is -0.136. The number of anilines is 2. The smallest absolute Gasteiger partial charge is 0.303 e. The highest BCUT2D eigenvalue weighted by molar-refractivity contribution is 5.67. The molecule has 178 valence electrons. The van der Waals surface area contributed by atoms with Crippen LogP contribution < -0.4 is 15.0 Å². The molecule has 1 heterocycles. The molecule has 0 unspecified atom stereocenters. The molecular weight excluding hydrogens is 438 g/mol. The quantitative estimate of drug-likeness (QED) is 0.418. The van der Waals surface area contributed by atoms with E-state index in [4.69, 9.17) is 9.84 Å². The summed E-state index contributed by atoms with van der Waals surface area (Å²) in [7, 11) is 0. The molecule has 3 aromatic rings. The number of carboxylic acid groups (broad SMARTS) is 1. The van der Waals surface area contributed by atoms with Gasteiger partial charge in [-0.2, -0.15) is 0 Å². The van der Waals surface area contributed by atoms with E-state index in [0.717, 1.165) is 30.6 Å². The molecule has 0 radical (unpaired) electrons. The van der Waals surface area contributed by atoms with Gasteiger partial charge in [0, 0.05) is 30.9 Å². The van der Waals surface area contributed by atoms with Gasteiger partial charge >= 0.3 is 5.97 Å². The number of fused-ring (bicyclic) bond motifs is 1. The Labute approximate surface area is 198 Å². The SMILES string of the molecule is O=C(O)CCc1ccc(NCc2cccc3c2CCCN3CCOc2ccccc2F)cc1F. The van der Waals surface area contributed by atoms with Crippen molar-refractivity contribution in [2.45, 2.75) is 32.2 Å². The molecule has 1 aliphatic rings. The van der Waals surface area contributed by atoms with Crippen molar-refractivity contribution in [3.05, 3.63) is 89.0 Å². The highest BCUT2D eigenvalue weighted by Gasteiger charge is 2.19. The third-order valence-electron chi connectivity index (χ3n) is 6.04. The fourth-order valence-corrected chi connectivity index (χ4v) is 4.30. The molecule has 3 aromatic carbocycles. The van der Waals surface area contributed by atoms with Gasteiger partial charge in [-0.15, -0.1) is 0 Å². The van der Waals surface area contributed by atoms with E-state index in [-0.39, 0.29) is 24.4 Å². The zero-order valence-corrected chi connectivity index (χ0v) is 18.9. The summed E-state index contributed by atoms with van der Waals surface area (Å²) in [5, 5.41) is 12.1.